The molecule has 0 aliphatic carbocycles. The lowest BCUT2D eigenvalue weighted by Crippen LogP contribution is -2.35. The Morgan fingerprint density at radius 2 is 1.52 bits per heavy atom. The van der Waals surface area contributed by atoms with Crippen LogP contribution in [-0.4, -0.2) is 35.7 Å². The Kier molecular flexibility index (Phi) is 4.93. The zero-order valence-electron chi connectivity index (χ0n) is 14.1. The fourth-order valence-corrected chi connectivity index (χ4v) is 2.91. The number of imide groups is 1. The van der Waals surface area contributed by atoms with Crippen molar-refractivity contribution in [3.05, 3.63) is 71.3 Å². The van der Waals surface area contributed by atoms with Gasteiger partial charge >= 0.3 is 0 Å². The molecule has 0 radical (unpaired) electrons. The molecule has 0 aromatic heterocycles. The first-order valence-electron chi connectivity index (χ1n) is 8.35. The van der Waals surface area contributed by atoms with Crippen molar-refractivity contribution < 1.29 is 14.4 Å². The summed E-state index contributed by atoms with van der Waals surface area (Å²) in [6.07, 6.45) is 0.104. The van der Waals surface area contributed by atoms with Crippen LogP contribution in [-0.2, 0) is 4.79 Å². The first kappa shape index (κ1) is 16.9. The number of nitrogens with one attached hydrogen (secondary N) is 1. The molecule has 1 N–H and O–H groups in total. The van der Waals surface area contributed by atoms with Gasteiger partial charge in [-0.25, -0.2) is 0 Å². The average Bonchev–Trinajstić information content (AvgIpc) is 2.89. The molecule has 0 spiro atoms. The molecule has 3 amide bonds. The monoisotopic (exact) mass is 336 g/mol. The molecule has 5 nitrogen and oxygen atoms in total. The first-order chi connectivity index (χ1) is 12.1. The molecule has 1 aliphatic heterocycles. The van der Waals surface area contributed by atoms with Crippen LogP contribution in [0.5, 0.6) is 0 Å². The summed E-state index contributed by atoms with van der Waals surface area (Å²) in [7, 11) is 0. The predicted octanol–water partition coefficient (Wildman–Crippen LogP) is 2.59. The van der Waals surface area contributed by atoms with Crippen molar-refractivity contribution in [3.63, 3.8) is 0 Å². The molecule has 0 fully saturated rings. The second kappa shape index (κ2) is 7.30. The fraction of sp³-hybridized carbons (Fsp3) is 0.250. The first-order valence-corrected chi connectivity index (χ1v) is 8.35. The second-order valence-corrected chi connectivity index (χ2v) is 6.17. The molecular formula is C20H20N2O3. The van der Waals surface area contributed by atoms with Crippen LogP contribution >= 0.6 is 0 Å². The summed E-state index contributed by atoms with van der Waals surface area (Å²) in [5.74, 6) is -0.624. The lowest BCUT2D eigenvalue weighted by molar-refractivity contribution is -0.121. The molecule has 0 saturated heterocycles. The van der Waals surface area contributed by atoms with E-state index in [0.717, 1.165) is 10.5 Å². The minimum Gasteiger partial charge on any atom is -0.355 e. The van der Waals surface area contributed by atoms with E-state index in [-0.39, 0.29) is 36.6 Å². The van der Waals surface area contributed by atoms with Gasteiger partial charge in [0.25, 0.3) is 11.8 Å². The zero-order chi connectivity index (χ0) is 17.8. The number of carbonyl (C=O) groups is 3. The normalized spacial score (nSPS) is 14.4. The Morgan fingerprint density at radius 1 is 0.960 bits per heavy atom. The number of benzene rings is 2. The molecule has 5 heteroatoms. The van der Waals surface area contributed by atoms with E-state index in [1.807, 2.05) is 37.3 Å². The van der Waals surface area contributed by atoms with E-state index in [2.05, 4.69) is 5.32 Å². The molecule has 0 unspecified atom stereocenters. The van der Waals surface area contributed by atoms with Gasteiger partial charge in [-0.05, 0) is 23.6 Å². The van der Waals surface area contributed by atoms with Crippen molar-refractivity contribution in [2.24, 2.45) is 0 Å². The summed E-state index contributed by atoms with van der Waals surface area (Å²) in [4.78, 5) is 37.7. The molecule has 1 aliphatic rings. The summed E-state index contributed by atoms with van der Waals surface area (Å²) in [5.41, 5.74) is 1.97. The summed E-state index contributed by atoms with van der Waals surface area (Å²) in [6.45, 7) is 2.66. The third kappa shape index (κ3) is 3.60. The lowest BCUT2D eigenvalue weighted by atomic mass is 10.0. The summed E-state index contributed by atoms with van der Waals surface area (Å²) < 4.78 is 0. The maximum atomic E-state index is 12.2. The van der Waals surface area contributed by atoms with E-state index >= 15 is 0 Å². The molecule has 128 valence electrons. The molecule has 1 heterocycles. The third-order valence-corrected chi connectivity index (χ3v) is 4.41. The van der Waals surface area contributed by atoms with Crippen LogP contribution in [0.2, 0.25) is 0 Å². The smallest absolute Gasteiger partial charge is 0.261 e. The van der Waals surface area contributed by atoms with Gasteiger partial charge in [0.2, 0.25) is 5.91 Å². The summed E-state index contributed by atoms with van der Waals surface area (Å²) in [5, 5.41) is 2.87. The van der Waals surface area contributed by atoms with Gasteiger partial charge in [-0.2, -0.15) is 0 Å². The summed E-state index contributed by atoms with van der Waals surface area (Å²) >= 11 is 0. The van der Waals surface area contributed by atoms with Gasteiger partial charge in [-0.1, -0.05) is 49.4 Å². The fourth-order valence-electron chi connectivity index (χ4n) is 2.91. The van der Waals surface area contributed by atoms with E-state index in [1.54, 1.807) is 24.3 Å². The van der Waals surface area contributed by atoms with E-state index in [1.165, 1.54) is 0 Å². The van der Waals surface area contributed by atoms with Gasteiger partial charge in [-0.15, -0.1) is 0 Å². The number of nitrogens with zero attached hydrogens (tertiary/aromatic N) is 1. The number of hydrogen-bond donors (Lipinski definition) is 1. The number of carbonyl (C=O) groups excluding carboxylic acids is 3. The second-order valence-electron chi connectivity index (χ2n) is 6.17. The number of rotatable bonds is 6. The minimum atomic E-state index is -0.328. The van der Waals surface area contributed by atoms with E-state index in [0.29, 0.717) is 17.7 Å². The van der Waals surface area contributed by atoms with Crippen LogP contribution in [0.15, 0.2) is 54.6 Å². The van der Waals surface area contributed by atoms with Crippen LogP contribution in [0.3, 0.4) is 0 Å². The molecule has 0 saturated carbocycles. The van der Waals surface area contributed by atoms with Crippen molar-refractivity contribution >= 4 is 17.7 Å². The van der Waals surface area contributed by atoms with Gasteiger partial charge in [0.1, 0.15) is 0 Å². The van der Waals surface area contributed by atoms with E-state index in [9.17, 15) is 14.4 Å². The largest absolute Gasteiger partial charge is 0.355 e. The van der Waals surface area contributed by atoms with Crippen LogP contribution < -0.4 is 5.32 Å². The van der Waals surface area contributed by atoms with Gasteiger partial charge in [0.05, 0.1) is 11.1 Å². The zero-order valence-corrected chi connectivity index (χ0v) is 14.1. The van der Waals surface area contributed by atoms with E-state index in [4.69, 9.17) is 0 Å². The average molecular weight is 336 g/mol. The third-order valence-electron chi connectivity index (χ3n) is 4.41. The highest BCUT2D eigenvalue weighted by atomic mass is 16.2. The molecule has 1 atom stereocenters. The van der Waals surface area contributed by atoms with Crippen molar-refractivity contribution in [2.75, 3.05) is 13.1 Å². The Balaban J connectivity index is 1.50. The quantitative estimate of drug-likeness (QED) is 0.825. The molecule has 2 aromatic rings. The highest BCUT2D eigenvalue weighted by Crippen LogP contribution is 2.22. The lowest BCUT2D eigenvalue weighted by Gasteiger charge is -2.15. The number of amides is 3. The van der Waals surface area contributed by atoms with Crippen LogP contribution in [0.4, 0.5) is 0 Å². The van der Waals surface area contributed by atoms with Gasteiger partial charge in [0.15, 0.2) is 0 Å². The van der Waals surface area contributed by atoms with Crippen molar-refractivity contribution in [3.8, 4) is 0 Å². The van der Waals surface area contributed by atoms with E-state index < -0.39 is 0 Å². The minimum absolute atomic E-state index is 0.0951. The van der Waals surface area contributed by atoms with Crippen LogP contribution in [0.1, 0.15) is 45.5 Å². The van der Waals surface area contributed by atoms with Gasteiger partial charge in [-0.3, -0.25) is 19.3 Å². The maximum absolute atomic E-state index is 12.2. The highest BCUT2D eigenvalue weighted by Gasteiger charge is 2.34. The molecule has 25 heavy (non-hydrogen) atoms. The predicted molar refractivity (Wildman–Crippen MR) is 94.3 cm³/mol. The number of hydrogen-bond acceptors (Lipinski definition) is 3. The Hall–Kier alpha value is -2.95. The van der Waals surface area contributed by atoms with Crippen LogP contribution in [0, 0.1) is 0 Å². The highest BCUT2D eigenvalue weighted by molar-refractivity contribution is 6.21. The van der Waals surface area contributed by atoms with Gasteiger partial charge < -0.3 is 5.32 Å². The topological polar surface area (TPSA) is 66.5 Å². The standard InChI is InChI=1S/C20H20N2O3/c1-14(15-7-3-2-4-8-15)13-21-18(23)11-12-22-19(24)16-9-5-6-10-17(16)20(22)25/h2-10,14H,11-13H2,1H3,(H,21,23)/t14-/m0/s1. The number of fused-ring (bicyclic) bond motifs is 1. The molecule has 0 bridgehead atoms. The molecular weight excluding hydrogens is 316 g/mol. The van der Waals surface area contributed by atoms with Crippen LogP contribution in [0.25, 0.3) is 0 Å². The maximum Gasteiger partial charge on any atom is 0.261 e. The Morgan fingerprint density at radius 3 is 2.12 bits per heavy atom. The molecule has 3 rings (SSSR count). The molecule has 2 aromatic carbocycles. The SMILES string of the molecule is C[C@@H](CNC(=O)CCN1C(=O)c2ccccc2C1=O)c1ccccc1. The Bertz CT molecular complexity index is 767. The Labute approximate surface area is 146 Å². The van der Waals surface area contributed by atoms with Gasteiger partial charge in [0, 0.05) is 19.5 Å². The van der Waals surface area contributed by atoms with Crippen molar-refractivity contribution in [1.29, 1.82) is 0 Å². The van der Waals surface area contributed by atoms with Crippen molar-refractivity contribution in [2.45, 2.75) is 19.3 Å². The summed E-state index contributed by atoms with van der Waals surface area (Å²) in [6, 6.07) is 16.7. The van der Waals surface area contributed by atoms with Crippen molar-refractivity contribution in [1.82, 2.24) is 10.2 Å².